The first-order chi connectivity index (χ1) is 10.00. The summed E-state index contributed by atoms with van der Waals surface area (Å²) in [5, 5.41) is 3.38. The molecule has 1 fully saturated rings. The highest BCUT2D eigenvalue weighted by Gasteiger charge is 2.19. The standard InChI is InChI=1S/C14H21BrN2O3S/c1-20-14-7-6-12(10-13(14)15)17-21(18,19)9-3-2-8-16-11-4-5-11/h6-7,10-11,16-17H,2-5,8-9H2,1H3. The van der Waals surface area contributed by atoms with Crippen LogP contribution in [-0.2, 0) is 10.0 Å². The topological polar surface area (TPSA) is 67.4 Å². The normalized spacial score (nSPS) is 15.0. The number of methoxy groups -OCH3 is 1. The summed E-state index contributed by atoms with van der Waals surface area (Å²) in [5.41, 5.74) is 0.541. The molecule has 0 bridgehead atoms. The number of halogens is 1. The van der Waals surface area contributed by atoms with E-state index in [2.05, 4.69) is 26.0 Å². The molecule has 0 aromatic heterocycles. The maximum atomic E-state index is 12.0. The molecule has 0 unspecified atom stereocenters. The highest BCUT2D eigenvalue weighted by Crippen LogP contribution is 2.28. The Morgan fingerprint density at radius 1 is 1.33 bits per heavy atom. The summed E-state index contributed by atoms with van der Waals surface area (Å²) < 4.78 is 32.4. The Bertz CT molecular complexity index is 574. The third kappa shape index (κ3) is 5.84. The van der Waals surface area contributed by atoms with Crippen molar-refractivity contribution in [3.8, 4) is 5.75 Å². The van der Waals surface area contributed by atoms with Crippen LogP contribution < -0.4 is 14.8 Å². The highest BCUT2D eigenvalue weighted by molar-refractivity contribution is 9.10. The van der Waals surface area contributed by atoms with Crippen molar-refractivity contribution in [2.75, 3.05) is 24.1 Å². The number of rotatable bonds is 9. The lowest BCUT2D eigenvalue weighted by atomic mass is 10.3. The number of nitrogens with one attached hydrogen (secondary N) is 2. The molecule has 7 heteroatoms. The van der Waals surface area contributed by atoms with E-state index in [1.54, 1.807) is 25.3 Å². The van der Waals surface area contributed by atoms with Crippen molar-refractivity contribution in [3.05, 3.63) is 22.7 Å². The van der Waals surface area contributed by atoms with E-state index in [-0.39, 0.29) is 5.75 Å². The molecule has 2 N–H and O–H groups in total. The molecule has 0 amide bonds. The number of unbranched alkanes of at least 4 members (excludes halogenated alkanes) is 1. The SMILES string of the molecule is COc1ccc(NS(=O)(=O)CCCCNC2CC2)cc1Br. The lowest BCUT2D eigenvalue weighted by molar-refractivity contribution is 0.412. The van der Waals surface area contributed by atoms with Crippen molar-refractivity contribution < 1.29 is 13.2 Å². The van der Waals surface area contributed by atoms with Crippen LogP contribution in [0, 0.1) is 0 Å². The molecular formula is C14H21BrN2O3S. The maximum Gasteiger partial charge on any atom is 0.232 e. The Kier molecular flexibility index (Phi) is 5.89. The summed E-state index contributed by atoms with van der Waals surface area (Å²) in [6.45, 7) is 0.897. The first-order valence-corrected chi connectivity index (χ1v) is 9.52. The van der Waals surface area contributed by atoms with Gasteiger partial charge in [-0.15, -0.1) is 0 Å². The monoisotopic (exact) mass is 376 g/mol. The number of anilines is 1. The van der Waals surface area contributed by atoms with Gasteiger partial charge in [0.2, 0.25) is 10.0 Å². The van der Waals surface area contributed by atoms with E-state index in [4.69, 9.17) is 4.74 Å². The Hall–Kier alpha value is -0.790. The number of hydrogen-bond acceptors (Lipinski definition) is 4. The van der Waals surface area contributed by atoms with Gasteiger partial charge < -0.3 is 10.1 Å². The van der Waals surface area contributed by atoms with Gasteiger partial charge >= 0.3 is 0 Å². The molecule has 0 atom stereocenters. The second-order valence-corrected chi connectivity index (χ2v) is 7.90. The van der Waals surface area contributed by atoms with Crippen LogP contribution in [0.1, 0.15) is 25.7 Å². The quantitative estimate of drug-likeness (QED) is 0.650. The average Bonchev–Trinajstić information content (AvgIpc) is 3.22. The molecule has 1 aliphatic carbocycles. The summed E-state index contributed by atoms with van der Waals surface area (Å²) in [6.07, 6.45) is 4.05. The van der Waals surface area contributed by atoms with Crippen molar-refractivity contribution in [2.45, 2.75) is 31.7 Å². The molecule has 0 aliphatic heterocycles. The molecule has 0 heterocycles. The smallest absolute Gasteiger partial charge is 0.232 e. The van der Waals surface area contributed by atoms with Crippen LogP contribution in [0.15, 0.2) is 22.7 Å². The molecule has 1 saturated carbocycles. The zero-order valence-electron chi connectivity index (χ0n) is 12.1. The summed E-state index contributed by atoms with van der Waals surface area (Å²) in [6, 6.07) is 5.79. The van der Waals surface area contributed by atoms with Crippen LogP contribution in [-0.4, -0.2) is 33.9 Å². The minimum atomic E-state index is -3.30. The Balaban J connectivity index is 1.77. The van der Waals surface area contributed by atoms with E-state index in [1.165, 1.54) is 12.8 Å². The van der Waals surface area contributed by atoms with Gasteiger partial charge in [-0.25, -0.2) is 8.42 Å². The molecule has 0 spiro atoms. The van der Waals surface area contributed by atoms with E-state index in [0.29, 0.717) is 23.9 Å². The third-order valence-electron chi connectivity index (χ3n) is 3.28. The van der Waals surface area contributed by atoms with Gasteiger partial charge in [0.05, 0.1) is 17.3 Å². The minimum Gasteiger partial charge on any atom is -0.496 e. The average molecular weight is 377 g/mol. The van der Waals surface area contributed by atoms with E-state index in [9.17, 15) is 8.42 Å². The molecule has 0 radical (unpaired) electrons. The van der Waals surface area contributed by atoms with Crippen LogP contribution in [0.5, 0.6) is 5.75 Å². The fourth-order valence-corrected chi connectivity index (χ4v) is 3.68. The Morgan fingerprint density at radius 2 is 2.10 bits per heavy atom. The van der Waals surface area contributed by atoms with Gasteiger partial charge in [0.15, 0.2) is 0 Å². The van der Waals surface area contributed by atoms with Gasteiger partial charge in [-0.2, -0.15) is 0 Å². The summed E-state index contributed by atoms with van der Waals surface area (Å²) in [7, 11) is -1.73. The van der Waals surface area contributed by atoms with E-state index < -0.39 is 10.0 Å². The predicted octanol–water partition coefficient (Wildman–Crippen LogP) is 2.73. The van der Waals surface area contributed by atoms with Crippen LogP contribution in [0.25, 0.3) is 0 Å². The van der Waals surface area contributed by atoms with E-state index in [1.807, 2.05) is 0 Å². The zero-order valence-corrected chi connectivity index (χ0v) is 14.5. The molecular weight excluding hydrogens is 356 g/mol. The highest BCUT2D eigenvalue weighted by atomic mass is 79.9. The minimum absolute atomic E-state index is 0.142. The number of benzene rings is 1. The predicted molar refractivity (Wildman–Crippen MR) is 88.4 cm³/mol. The Labute approximate surface area is 134 Å². The first kappa shape index (κ1) is 16.6. The van der Waals surface area contributed by atoms with Gasteiger partial charge in [-0.05, 0) is 66.4 Å². The molecule has 1 aliphatic rings. The second kappa shape index (κ2) is 7.47. The largest absolute Gasteiger partial charge is 0.496 e. The van der Waals surface area contributed by atoms with Crippen LogP contribution in [0.3, 0.4) is 0 Å². The number of hydrogen-bond donors (Lipinski definition) is 2. The van der Waals surface area contributed by atoms with Gasteiger partial charge in [0.25, 0.3) is 0 Å². The first-order valence-electron chi connectivity index (χ1n) is 7.07. The van der Waals surface area contributed by atoms with Gasteiger partial charge in [0, 0.05) is 11.7 Å². The van der Waals surface area contributed by atoms with E-state index in [0.717, 1.165) is 17.4 Å². The fourth-order valence-electron chi connectivity index (χ4n) is 1.97. The Morgan fingerprint density at radius 3 is 2.71 bits per heavy atom. The van der Waals surface area contributed by atoms with Crippen LogP contribution in [0.4, 0.5) is 5.69 Å². The molecule has 1 aromatic rings. The zero-order chi connectivity index (χ0) is 15.3. The molecule has 5 nitrogen and oxygen atoms in total. The summed E-state index contributed by atoms with van der Waals surface area (Å²) >= 11 is 3.34. The third-order valence-corrected chi connectivity index (χ3v) is 5.27. The fraction of sp³-hybridized carbons (Fsp3) is 0.571. The van der Waals surface area contributed by atoms with Crippen molar-refractivity contribution >= 4 is 31.6 Å². The molecule has 1 aromatic carbocycles. The van der Waals surface area contributed by atoms with Gasteiger partial charge in [0.1, 0.15) is 5.75 Å². The van der Waals surface area contributed by atoms with E-state index >= 15 is 0 Å². The van der Waals surface area contributed by atoms with Crippen LogP contribution in [0.2, 0.25) is 0 Å². The number of ether oxygens (including phenoxy) is 1. The van der Waals surface area contributed by atoms with Crippen molar-refractivity contribution in [1.29, 1.82) is 0 Å². The van der Waals surface area contributed by atoms with Crippen molar-refractivity contribution in [1.82, 2.24) is 5.32 Å². The molecule has 2 rings (SSSR count). The van der Waals surface area contributed by atoms with Gasteiger partial charge in [-0.1, -0.05) is 0 Å². The summed E-state index contributed by atoms with van der Waals surface area (Å²) in [5.74, 6) is 0.812. The van der Waals surface area contributed by atoms with Crippen molar-refractivity contribution in [2.24, 2.45) is 0 Å². The van der Waals surface area contributed by atoms with Crippen molar-refractivity contribution in [3.63, 3.8) is 0 Å². The van der Waals surface area contributed by atoms with Gasteiger partial charge in [-0.3, -0.25) is 4.72 Å². The number of sulfonamides is 1. The van der Waals surface area contributed by atoms with Crippen LogP contribution >= 0.6 is 15.9 Å². The summed E-state index contributed by atoms with van der Waals surface area (Å²) in [4.78, 5) is 0. The lowest BCUT2D eigenvalue weighted by Crippen LogP contribution is -2.20. The molecule has 21 heavy (non-hydrogen) atoms. The maximum absolute atomic E-state index is 12.0. The lowest BCUT2D eigenvalue weighted by Gasteiger charge is -2.10. The molecule has 0 saturated heterocycles. The molecule has 118 valence electrons. The second-order valence-electron chi connectivity index (χ2n) is 5.21.